The summed E-state index contributed by atoms with van der Waals surface area (Å²) in [4.78, 5) is 12.7. The van der Waals surface area contributed by atoms with Crippen molar-refractivity contribution in [1.82, 2.24) is 10.2 Å². The second-order valence-electron chi connectivity index (χ2n) is 2.84. The number of likely N-dealkylation sites (N-methyl/N-ethyl adjacent to an activating group) is 1. The van der Waals surface area contributed by atoms with Gasteiger partial charge in [0.05, 0.1) is 6.54 Å². The minimum atomic E-state index is -0.237. The van der Waals surface area contributed by atoms with Crippen LogP contribution in [0.4, 0.5) is 0 Å². The molecule has 0 aromatic carbocycles. The molecule has 0 aliphatic carbocycles. The zero-order valence-corrected chi connectivity index (χ0v) is 6.84. The average molecular weight is 157 g/mol. The molecule has 1 aliphatic rings. The highest BCUT2D eigenvalue weighted by molar-refractivity contribution is 5.75. The van der Waals surface area contributed by atoms with E-state index in [0.29, 0.717) is 12.6 Å². The molecule has 64 valence electrons. The number of hydrogen-bond acceptors (Lipinski definition) is 3. The van der Waals surface area contributed by atoms with Crippen LogP contribution < -0.4 is 11.1 Å². The molecule has 1 fully saturated rings. The number of nitrogens with one attached hydrogen (secondary N) is 1. The standard InChI is InChI=1S/C7H15N3O/c1-2-10(5-7(8)11)6-3-9-4-6/h6,9H,2-5H2,1H3,(H2,8,11). The number of primary amides is 1. The van der Waals surface area contributed by atoms with Gasteiger partial charge in [-0.3, -0.25) is 9.69 Å². The van der Waals surface area contributed by atoms with Gasteiger partial charge in [0.1, 0.15) is 0 Å². The molecule has 0 aromatic rings. The fourth-order valence-electron chi connectivity index (χ4n) is 1.23. The van der Waals surface area contributed by atoms with Crippen molar-refractivity contribution >= 4 is 5.91 Å². The van der Waals surface area contributed by atoms with E-state index in [0.717, 1.165) is 19.6 Å². The highest BCUT2D eigenvalue weighted by Gasteiger charge is 2.23. The number of carbonyl (C=O) groups excluding carboxylic acids is 1. The lowest BCUT2D eigenvalue weighted by atomic mass is 10.1. The Hall–Kier alpha value is -0.610. The summed E-state index contributed by atoms with van der Waals surface area (Å²) in [7, 11) is 0. The Kier molecular flexibility index (Phi) is 2.84. The van der Waals surface area contributed by atoms with Crippen molar-refractivity contribution in [2.75, 3.05) is 26.2 Å². The van der Waals surface area contributed by atoms with E-state index in [1.807, 2.05) is 6.92 Å². The van der Waals surface area contributed by atoms with Gasteiger partial charge in [-0.1, -0.05) is 6.92 Å². The predicted molar refractivity (Wildman–Crippen MR) is 43.1 cm³/mol. The first-order valence-corrected chi connectivity index (χ1v) is 3.97. The maximum atomic E-state index is 10.6. The molecule has 0 atom stereocenters. The third kappa shape index (κ3) is 2.17. The van der Waals surface area contributed by atoms with Crippen molar-refractivity contribution in [3.63, 3.8) is 0 Å². The first kappa shape index (κ1) is 8.49. The first-order valence-electron chi connectivity index (χ1n) is 3.97. The number of hydrogen-bond donors (Lipinski definition) is 2. The van der Waals surface area contributed by atoms with Crippen LogP contribution in [0.25, 0.3) is 0 Å². The third-order valence-corrected chi connectivity index (χ3v) is 2.04. The van der Waals surface area contributed by atoms with Crippen molar-refractivity contribution < 1.29 is 4.79 Å². The van der Waals surface area contributed by atoms with E-state index < -0.39 is 0 Å². The molecule has 1 aliphatic heterocycles. The van der Waals surface area contributed by atoms with Gasteiger partial charge >= 0.3 is 0 Å². The molecule has 0 unspecified atom stereocenters. The van der Waals surface area contributed by atoms with Gasteiger partial charge in [0, 0.05) is 19.1 Å². The van der Waals surface area contributed by atoms with Crippen molar-refractivity contribution in [2.45, 2.75) is 13.0 Å². The van der Waals surface area contributed by atoms with Crippen LogP contribution in [0.15, 0.2) is 0 Å². The van der Waals surface area contributed by atoms with Crippen LogP contribution in [0.2, 0.25) is 0 Å². The Morgan fingerprint density at radius 2 is 2.36 bits per heavy atom. The molecule has 0 saturated carbocycles. The minimum Gasteiger partial charge on any atom is -0.369 e. The van der Waals surface area contributed by atoms with Gasteiger partial charge in [-0.15, -0.1) is 0 Å². The third-order valence-electron chi connectivity index (χ3n) is 2.04. The largest absolute Gasteiger partial charge is 0.369 e. The highest BCUT2D eigenvalue weighted by atomic mass is 16.1. The maximum absolute atomic E-state index is 10.6. The smallest absolute Gasteiger partial charge is 0.231 e. The zero-order chi connectivity index (χ0) is 8.27. The van der Waals surface area contributed by atoms with Gasteiger partial charge in [-0.25, -0.2) is 0 Å². The second kappa shape index (κ2) is 3.69. The molecule has 3 N–H and O–H groups in total. The molecule has 4 nitrogen and oxygen atoms in total. The lowest BCUT2D eigenvalue weighted by Gasteiger charge is -2.36. The summed E-state index contributed by atoms with van der Waals surface area (Å²) in [5.74, 6) is -0.237. The normalized spacial score (nSPS) is 18.4. The fourth-order valence-corrected chi connectivity index (χ4v) is 1.23. The SMILES string of the molecule is CCN(CC(N)=O)C1CNC1. The van der Waals surface area contributed by atoms with Crippen molar-refractivity contribution in [2.24, 2.45) is 5.73 Å². The van der Waals surface area contributed by atoms with Crippen LogP contribution in [0.3, 0.4) is 0 Å². The number of amides is 1. The summed E-state index contributed by atoms with van der Waals surface area (Å²) >= 11 is 0. The fraction of sp³-hybridized carbons (Fsp3) is 0.857. The number of nitrogens with zero attached hydrogens (tertiary/aromatic N) is 1. The Bertz CT molecular complexity index is 145. The number of carbonyl (C=O) groups is 1. The molecule has 1 saturated heterocycles. The molecular weight excluding hydrogens is 142 g/mol. The first-order chi connectivity index (χ1) is 5.24. The molecule has 0 spiro atoms. The van der Waals surface area contributed by atoms with Crippen molar-refractivity contribution in [1.29, 1.82) is 0 Å². The zero-order valence-electron chi connectivity index (χ0n) is 6.84. The predicted octanol–water partition coefficient (Wildman–Crippen LogP) is -1.23. The molecule has 0 aromatic heterocycles. The molecule has 11 heavy (non-hydrogen) atoms. The molecule has 4 heteroatoms. The van der Waals surface area contributed by atoms with E-state index in [2.05, 4.69) is 10.2 Å². The van der Waals surface area contributed by atoms with Crippen LogP contribution in [0.1, 0.15) is 6.92 Å². The van der Waals surface area contributed by atoms with Crippen LogP contribution in [0, 0.1) is 0 Å². The summed E-state index contributed by atoms with van der Waals surface area (Å²) in [6.45, 7) is 5.31. The Morgan fingerprint density at radius 1 is 1.73 bits per heavy atom. The number of rotatable bonds is 4. The lowest BCUT2D eigenvalue weighted by molar-refractivity contribution is -0.119. The lowest BCUT2D eigenvalue weighted by Crippen LogP contribution is -2.58. The van der Waals surface area contributed by atoms with E-state index in [4.69, 9.17) is 5.73 Å². The Balaban J connectivity index is 2.29. The summed E-state index contributed by atoms with van der Waals surface area (Å²) in [6, 6.07) is 0.521. The molecule has 0 bridgehead atoms. The minimum absolute atomic E-state index is 0.237. The van der Waals surface area contributed by atoms with Crippen molar-refractivity contribution in [3.8, 4) is 0 Å². The van der Waals surface area contributed by atoms with E-state index in [9.17, 15) is 4.79 Å². The Morgan fingerprint density at radius 3 is 2.64 bits per heavy atom. The summed E-state index contributed by atoms with van der Waals surface area (Å²) < 4.78 is 0. The number of nitrogens with two attached hydrogens (primary N) is 1. The molecular formula is C7H15N3O. The van der Waals surface area contributed by atoms with E-state index >= 15 is 0 Å². The van der Waals surface area contributed by atoms with E-state index in [-0.39, 0.29) is 5.91 Å². The van der Waals surface area contributed by atoms with E-state index in [1.165, 1.54) is 0 Å². The van der Waals surface area contributed by atoms with Crippen LogP contribution in [0.5, 0.6) is 0 Å². The average Bonchev–Trinajstić information content (AvgIpc) is 1.81. The van der Waals surface area contributed by atoms with Gasteiger partial charge in [0.15, 0.2) is 0 Å². The van der Waals surface area contributed by atoms with Crippen LogP contribution in [-0.2, 0) is 4.79 Å². The summed E-state index contributed by atoms with van der Waals surface area (Å²) in [5, 5.41) is 3.16. The maximum Gasteiger partial charge on any atom is 0.231 e. The quantitative estimate of drug-likeness (QED) is 0.537. The Labute approximate surface area is 66.7 Å². The second-order valence-corrected chi connectivity index (χ2v) is 2.84. The topological polar surface area (TPSA) is 58.4 Å². The molecule has 1 heterocycles. The molecule has 1 amide bonds. The van der Waals surface area contributed by atoms with Gasteiger partial charge in [0.2, 0.25) is 5.91 Å². The van der Waals surface area contributed by atoms with Gasteiger partial charge in [-0.05, 0) is 6.54 Å². The summed E-state index contributed by atoms with van der Waals surface area (Å²) in [6.07, 6.45) is 0. The highest BCUT2D eigenvalue weighted by Crippen LogP contribution is 2.02. The van der Waals surface area contributed by atoms with Gasteiger partial charge in [-0.2, -0.15) is 0 Å². The van der Waals surface area contributed by atoms with Gasteiger partial charge in [0.25, 0.3) is 0 Å². The van der Waals surface area contributed by atoms with Crippen molar-refractivity contribution in [3.05, 3.63) is 0 Å². The van der Waals surface area contributed by atoms with Crippen LogP contribution in [-0.4, -0.2) is 43.0 Å². The molecule has 1 rings (SSSR count). The van der Waals surface area contributed by atoms with Crippen LogP contribution >= 0.6 is 0 Å². The monoisotopic (exact) mass is 157 g/mol. The summed E-state index contributed by atoms with van der Waals surface area (Å²) in [5.41, 5.74) is 5.08. The van der Waals surface area contributed by atoms with E-state index in [1.54, 1.807) is 0 Å². The molecule has 0 radical (unpaired) electrons. The van der Waals surface area contributed by atoms with Gasteiger partial charge < -0.3 is 11.1 Å².